The molecule has 0 radical (unpaired) electrons. The molecule has 0 aliphatic heterocycles. The number of aliphatic carboxylic acids is 1. The van der Waals surface area contributed by atoms with Crippen molar-refractivity contribution in [2.75, 3.05) is 0 Å². The van der Waals surface area contributed by atoms with E-state index in [4.69, 9.17) is 5.11 Å². The highest BCUT2D eigenvalue weighted by Gasteiger charge is 1.95. The molecule has 122 valence electrons. The Morgan fingerprint density at radius 2 is 1.57 bits per heavy atom. The highest BCUT2D eigenvalue weighted by Crippen LogP contribution is 2.05. The van der Waals surface area contributed by atoms with Crippen LogP contribution in [-0.4, -0.2) is 16.9 Å². The molecule has 1 N–H and O–H groups in total. The third kappa shape index (κ3) is 24.1. The molecule has 0 heterocycles. The zero-order valence-corrected chi connectivity index (χ0v) is 14.2. The molecule has 0 saturated carbocycles. The SMILES string of the molecule is CCCCC(C)C#CC(=O)O.CCCCCCCC(C)=O. The molecule has 0 amide bonds. The number of unbranched alkanes of at least 4 members (excludes halogenated alkanes) is 5. The summed E-state index contributed by atoms with van der Waals surface area (Å²) in [5.41, 5.74) is 0. The topological polar surface area (TPSA) is 54.4 Å². The Morgan fingerprint density at radius 3 is 2.05 bits per heavy atom. The van der Waals surface area contributed by atoms with E-state index in [2.05, 4.69) is 25.7 Å². The maximum atomic E-state index is 10.5. The van der Waals surface area contributed by atoms with Crippen LogP contribution in [0.4, 0.5) is 0 Å². The number of Topliss-reactive ketones (excluding diaryl/α,β-unsaturated/α-hetero) is 1. The Kier molecular flexibility index (Phi) is 17.5. The van der Waals surface area contributed by atoms with Gasteiger partial charge in [-0.1, -0.05) is 65.2 Å². The van der Waals surface area contributed by atoms with Gasteiger partial charge < -0.3 is 9.90 Å². The fourth-order valence-corrected chi connectivity index (χ4v) is 1.74. The summed E-state index contributed by atoms with van der Waals surface area (Å²) in [6.07, 6.45) is 10.2. The van der Waals surface area contributed by atoms with E-state index in [1.54, 1.807) is 6.92 Å². The monoisotopic (exact) mass is 296 g/mol. The van der Waals surface area contributed by atoms with Crippen LogP contribution in [0.2, 0.25) is 0 Å². The fraction of sp³-hybridized carbons (Fsp3) is 0.778. The molecule has 0 rings (SSSR count). The molecule has 0 aromatic rings. The van der Waals surface area contributed by atoms with Crippen LogP contribution in [0.1, 0.15) is 85.5 Å². The predicted octanol–water partition coefficient (Wildman–Crippen LogP) is 4.84. The van der Waals surface area contributed by atoms with Crippen LogP contribution in [0.5, 0.6) is 0 Å². The first kappa shape index (κ1) is 22.0. The maximum absolute atomic E-state index is 10.5. The zero-order chi connectivity index (χ0) is 16.5. The highest BCUT2D eigenvalue weighted by atomic mass is 16.4. The van der Waals surface area contributed by atoms with Crippen molar-refractivity contribution in [1.82, 2.24) is 0 Å². The number of ketones is 1. The first-order valence-electron chi connectivity index (χ1n) is 8.17. The van der Waals surface area contributed by atoms with E-state index in [0.29, 0.717) is 5.78 Å². The van der Waals surface area contributed by atoms with Gasteiger partial charge in [0, 0.05) is 18.3 Å². The van der Waals surface area contributed by atoms with E-state index < -0.39 is 5.97 Å². The van der Waals surface area contributed by atoms with Crippen LogP contribution in [0.15, 0.2) is 0 Å². The summed E-state index contributed by atoms with van der Waals surface area (Å²) >= 11 is 0. The smallest absolute Gasteiger partial charge is 0.381 e. The molecule has 0 spiro atoms. The number of hydrogen-bond donors (Lipinski definition) is 1. The predicted molar refractivity (Wildman–Crippen MR) is 88.2 cm³/mol. The number of rotatable bonds is 9. The molecular formula is C18H32O3. The zero-order valence-electron chi connectivity index (χ0n) is 14.2. The second kappa shape index (κ2) is 16.8. The van der Waals surface area contributed by atoms with E-state index in [0.717, 1.165) is 32.1 Å². The summed E-state index contributed by atoms with van der Waals surface area (Å²) < 4.78 is 0. The van der Waals surface area contributed by atoms with Crippen LogP contribution in [0.3, 0.4) is 0 Å². The third-order valence-corrected chi connectivity index (χ3v) is 3.05. The van der Waals surface area contributed by atoms with Crippen molar-refractivity contribution in [3.05, 3.63) is 0 Å². The normalized spacial score (nSPS) is 10.7. The second-order valence-electron chi connectivity index (χ2n) is 5.48. The Morgan fingerprint density at radius 1 is 1.00 bits per heavy atom. The van der Waals surface area contributed by atoms with Crippen molar-refractivity contribution < 1.29 is 14.7 Å². The standard InChI is InChI=1S/C9H14O2.C9H18O/c1-3-4-5-8(2)6-7-9(10)11;1-3-4-5-6-7-8-9(2)10/h8H,3-5H2,1-2H3,(H,10,11);3-8H2,1-2H3. The Labute approximate surface area is 130 Å². The van der Waals surface area contributed by atoms with Gasteiger partial charge in [-0.25, -0.2) is 4.79 Å². The van der Waals surface area contributed by atoms with Crippen molar-refractivity contribution in [3.8, 4) is 11.8 Å². The third-order valence-electron chi connectivity index (χ3n) is 3.05. The first-order valence-corrected chi connectivity index (χ1v) is 8.17. The van der Waals surface area contributed by atoms with Gasteiger partial charge in [-0.2, -0.15) is 0 Å². The summed E-state index contributed by atoms with van der Waals surface area (Å²) in [6.45, 7) is 7.92. The van der Waals surface area contributed by atoms with Gasteiger partial charge in [-0.15, -0.1) is 0 Å². The van der Waals surface area contributed by atoms with Crippen LogP contribution in [-0.2, 0) is 9.59 Å². The lowest BCUT2D eigenvalue weighted by atomic mass is 10.1. The molecule has 1 unspecified atom stereocenters. The van der Waals surface area contributed by atoms with Crippen molar-refractivity contribution in [2.45, 2.75) is 85.5 Å². The Hall–Kier alpha value is -1.30. The lowest BCUT2D eigenvalue weighted by molar-refractivity contribution is -0.130. The van der Waals surface area contributed by atoms with Crippen LogP contribution < -0.4 is 0 Å². The van der Waals surface area contributed by atoms with Crippen LogP contribution >= 0.6 is 0 Å². The van der Waals surface area contributed by atoms with Gasteiger partial charge in [0.25, 0.3) is 0 Å². The average Bonchev–Trinajstić information content (AvgIpc) is 2.43. The fourth-order valence-electron chi connectivity index (χ4n) is 1.74. The molecule has 0 aromatic carbocycles. The summed E-state index contributed by atoms with van der Waals surface area (Å²) in [5.74, 6) is 4.30. The minimum absolute atomic E-state index is 0.214. The summed E-state index contributed by atoms with van der Waals surface area (Å²) in [7, 11) is 0. The van der Waals surface area contributed by atoms with Gasteiger partial charge in [0.2, 0.25) is 0 Å². The van der Waals surface area contributed by atoms with Crippen molar-refractivity contribution in [1.29, 1.82) is 0 Å². The molecule has 0 aromatic heterocycles. The van der Waals surface area contributed by atoms with E-state index in [9.17, 15) is 9.59 Å². The minimum atomic E-state index is -1.03. The first-order chi connectivity index (χ1) is 9.93. The Balaban J connectivity index is 0. The van der Waals surface area contributed by atoms with Gasteiger partial charge in [0.15, 0.2) is 0 Å². The molecule has 0 fully saturated rings. The van der Waals surface area contributed by atoms with Crippen LogP contribution in [0, 0.1) is 17.8 Å². The molecule has 0 saturated heterocycles. The van der Waals surface area contributed by atoms with Gasteiger partial charge in [0.1, 0.15) is 5.78 Å². The number of carbonyl (C=O) groups excluding carboxylic acids is 1. The minimum Gasteiger partial charge on any atom is -0.472 e. The van der Waals surface area contributed by atoms with E-state index in [-0.39, 0.29) is 5.92 Å². The summed E-state index contributed by atoms with van der Waals surface area (Å²) in [4.78, 5) is 20.5. The van der Waals surface area contributed by atoms with Crippen LogP contribution in [0.25, 0.3) is 0 Å². The van der Waals surface area contributed by atoms with E-state index in [1.807, 2.05) is 6.92 Å². The van der Waals surface area contributed by atoms with Crippen molar-refractivity contribution in [2.24, 2.45) is 5.92 Å². The molecule has 21 heavy (non-hydrogen) atoms. The highest BCUT2D eigenvalue weighted by molar-refractivity contribution is 5.86. The van der Waals surface area contributed by atoms with Gasteiger partial charge in [0.05, 0.1) is 0 Å². The molecule has 0 bridgehead atoms. The lowest BCUT2D eigenvalue weighted by Gasteiger charge is -1.99. The quantitative estimate of drug-likeness (QED) is 0.489. The van der Waals surface area contributed by atoms with Gasteiger partial charge >= 0.3 is 5.97 Å². The second-order valence-corrected chi connectivity index (χ2v) is 5.48. The molecular weight excluding hydrogens is 264 g/mol. The summed E-state index contributed by atoms with van der Waals surface area (Å²) in [5, 5.41) is 8.21. The molecule has 0 aliphatic rings. The maximum Gasteiger partial charge on any atom is 0.381 e. The van der Waals surface area contributed by atoms with E-state index in [1.165, 1.54) is 25.7 Å². The largest absolute Gasteiger partial charge is 0.472 e. The molecule has 1 atom stereocenters. The average molecular weight is 296 g/mol. The van der Waals surface area contributed by atoms with Crippen molar-refractivity contribution >= 4 is 11.8 Å². The Bertz CT molecular complexity index is 323. The van der Waals surface area contributed by atoms with Gasteiger partial charge in [-0.3, -0.25) is 0 Å². The number of carboxylic acids is 1. The summed E-state index contributed by atoms with van der Waals surface area (Å²) in [6, 6.07) is 0. The number of carboxylic acid groups (broad SMARTS) is 1. The lowest BCUT2D eigenvalue weighted by Crippen LogP contribution is -1.93. The van der Waals surface area contributed by atoms with Crippen molar-refractivity contribution in [3.63, 3.8) is 0 Å². The number of carbonyl (C=O) groups is 2. The number of hydrogen-bond acceptors (Lipinski definition) is 2. The molecule has 3 nitrogen and oxygen atoms in total. The van der Waals surface area contributed by atoms with Gasteiger partial charge in [-0.05, 0) is 19.8 Å². The molecule has 0 aliphatic carbocycles. The van der Waals surface area contributed by atoms with E-state index >= 15 is 0 Å². The molecule has 3 heteroatoms.